The third-order valence-corrected chi connectivity index (χ3v) is 4.75. The Morgan fingerprint density at radius 1 is 1.00 bits per heavy atom. The molecule has 2 aromatic rings. The van der Waals surface area contributed by atoms with Crippen molar-refractivity contribution in [1.29, 1.82) is 0 Å². The summed E-state index contributed by atoms with van der Waals surface area (Å²) in [5, 5.41) is 8.54. The van der Waals surface area contributed by atoms with E-state index in [1.165, 1.54) is 5.56 Å². The number of nitrogens with zero attached hydrogens (tertiary/aromatic N) is 5. The fourth-order valence-corrected chi connectivity index (χ4v) is 3.16. The van der Waals surface area contributed by atoms with Gasteiger partial charge < -0.3 is 14.7 Å². The predicted molar refractivity (Wildman–Crippen MR) is 105 cm³/mol. The van der Waals surface area contributed by atoms with E-state index in [1.807, 2.05) is 54.2 Å². The maximum Gasteiger partial charge on any atom is 0.222 e. The van der Waals surface area contributed by atoms with Gasteiger partial charge in [0.25, 0.3) is 0 Å². The molecule has 26 heavy (non-hydrogen) atoms. The number of hydrogen-bond donors (Lipinski definition) is 0. The molecule has 1 aromatic carbocycles. The van der Waals surface area contributed by atoms with Crippen LogP contribution in [0.3, 0.4) is 0 Å². The maximum atomic E-state index is 12.4. The minimum atomic E-state index is 0.259. The molecule has 0 saturated carbocycles. The Balaban J connectivity index is 1.43. The molecule has 1 aliphatic rings. The Labute approximate surface area is 155 Å². The Bertz CT molecular complexity index is 694. The normalized spacial score (nSPS) is 14.4. The minimum absolute atomic E-state index is 0.259. The van der Waals surface area contributed by atoms with E-state index in [4.69, 9.17) is 0 Å². The average Bonchev–Trinajstić information content (AvgIpc) is 2.69. The van der Waals surface area contributed by atoms with Gasteiger partial charge in [-0.15, -0.1) is 10.2 Å². The van der Waals surface area contributed by atoms with Crippen LogP contribution < -0.4 is 9.80 Å². The van der Waals surface area contributed by atoms with Crippen LogP contribution >= 0.6 is 0 Å². The molecule has 1 amide bonds. The number of rotatable bonds is 6. The van der Waals surface area contributed by atoms with Gasteiger partial charge in [0, 0.05) is 46.7 Å². The molecule has 6 nitrogen and oxygen atoms in total. The fourth-order valence-electron chi connectivity index (χ4n) is 3.16. The van der Waals surface area contributed by atoms with Crippen LogP contribution in [0.15, 0.2) is 42.5 Å². The Morgan fingerprint density at radius 3 is 2.35 bits per heavy atom. The van der Waals surface area contributed by atoms with Gasteiger partial charge in [-0.25, -0.2) is 0 Å². The third kappa shape index (κ3) is 4.71. The molecule has 0 aliphatic carbocycles. The molecular weight excluding hydrogens is 326 g/mol. The molecule has 1 fully saturated rings. The third-order valence-electron chi connectivity index (χ3n) is 4.75. The van der Waals surface area contributed by atoms with Gasteiger partial charge in [-0.05, 0) is 30.5 Å². The van der Waals surface area contributed by atoms with E-state index in [-0.39, 0.29) is 5.91 Å². The molecule has 1 aliphatic heterocycles. The highest BCUT2D eigenvalue weighted by atomic mass is 16.2. The molecular formula is C20H27N5O. The molecule has 138 valence electrons. The van der Waals surface area contributed by atoms with Crippen molar-refractivity contribution in [2.75, 3.05) is 50.1 Å². The van der Waals surface area contributed by atoms with Crippen molar-refractivity contribution < 1.29 is 4.79 Å². The van der Waals surface area contributed by atoms with Crippen molar-refractivity contribution in [3.63, 3.8) is 0 Å². The number of aromatic nitrogens is 2. The van der Waals surface area contributed by atoms with E-state index >= 15 is 0 Å². The van der Waals surface area contributed by atoms with Crippen LogP contribution in [0.25, 0.3) is 0 Å². The second-order valence-electron chi connectivity index (χ2n) is 6.85. The van der Waals surface area contributed by atoms with Crippen LogP contribution in [-0.4, -0.2) is 61.3 Å². The summed E-state index contributed by atoms with van der Waals surface area (Å²) in [6.07, 6.45) is 2.48. The zero-order chi connectivity index (χ0) is 18.4. The zero-order valence-corrected chi connectivity index (χ0v) is 15.6. The number of carbonyl (C=O) groups is 1. The number of benzene rings is 1. The lowest BCUT2D eigenvalue weighted by molar-refractivity contribution is -0.131. The highest BCUT2D eigenvalue weighted by Gasteiger charge is 2.21. The van der Waals surface area contributed by atoms with Gasteiger partial charge in [-0.1, -0.05) is 30.3 Å². The first kappa shape index (κ1) is 18.2. The minimum Gasteiger partial charge on any atom is -0.361 e. The van der Waals surface area contributed by atoms with Crippen LogP contribution in [-0.2, 0) is 11.2 Å². The SMILES string of the molecule is CN(C)c1ccc(N2CCN(C(=O)CCCc3ccccc3)CC2)nn1. The second-order valence-corrected chi connectivity index (χ2v) is 6.85. The molecule has 0 bridgehead atoms. The van der Waals surface area contributed by atoms with Gasteiger partial charge >= 0.3 is 0 Å². The second kappa shape index (κ2) is 8.65. The van der Waals surface area contributed by atoms with Gasteiger partial charge in [0.1, 0.15) is 0 Å². The predicted octanol–water partition coefficient (Wildman–Crippen LogP) is 2.21. The summed E-state index contributed by atoms with van der Waals surface area (Å²) < 4.78 is 0. The lowest BCUT2D eigenvalue weighted by Gasteiger charge is -2.35. The molecule has 0 N–H and O–H groups in total. The van der Waals surface area contributed by atoms with E-state index in [9.17, 15) is 4.79 Å². The van der Waals surface area contributed by atoms with Crippen molar-refractivity contribution in [3.05, 3.63) is 48.0 Å². The molecule has 0 atom stereocenters. The van der Waals surface area contributed by atoms with Crippen molar-refractivity contribution in [3.8, 4) is 0 Å². The summed E-state index contributed by atoms with van der Waals surface area (Å²) in [6, 6.07) is 14.3. The summed E-state index contributed by atoms with van der Waals surface area (Å²) in [6.45, 7) is 3.11. The number of carbonyl (C=O) groups excluding carboxylic acids is 1. The summed E-state index contributed by atoms with van der Waals surface area (Å²) in [5.74, 6) is 1.99. The maximum absolute atomic E-state index is 12.4. The quantitative estimate of drug-likeness (QED) is 0.797. The topological polar surface area (TPSA) is 52.6 Å². The molecule has 0 spiro atoms. The molecule has 1 saturated heterocycles. The molecule has 2 heterocycles. The Morgan fingerprint density at radius 2 is 1.73 bits per heavy atom. The largest absolute Gasteiger partial charge is 0.361 e. The van der Waals surface area contributed by atoms with Crippen molar-refractivity contribution in [2.24, 2.45) is 0 Å². The Kier molecular flexibility index (Phi) is 6.04. The molecule has 0 radical (unpaired) electrons. The lowest BCUT2D eigenvalue weighted by atomic mass is 10.1. The van der Waals surface area contributed by atoms with Crippen LogP contribution in [0.5, 0.6) is 0 Å². The number of aryl methyl sites for hydroxylation is 1. The van der Waals surface area contributed by atoms with E-state index < -0.39 is 0 Å². The zero-order valence-electron chi connectivity index (χ0n) is 15.6. The van der Waals surface area contributed by atoms with Crippen LogP contribution in [0, 0.1) is 0 Å². The van der Waals surface area contributed by atoms with Crippen LogP contribution in [0.1, 0.15) is 18.4 Å². The lowest BCUT2D eigenvalue weighted by Crippen LogP contribution is -2.49. The highest BCUT2D eigenvalue weighted by molar-refractivity contribution is 5.76. The summed E-state index contributed by atoms with van der Waals surface area (Å²) in [5.41, 5.74) is 1.30. The van der Waals surface area contributed by atoms with Crippen LogP contribution in [0.2, 0.25) is 0 Å². The number of piperazine rings is 1. The van der Waals surface area contributed by atoms with E-state index in [0.717, 1.165) is 50.7 Å². The number of anilines is 2. The summed E-state index contributed by atoms with van der Waals surface area (Å²) >= 11 is 0. The smallest absolute Gasteiger partial charge is 0.222 e. The summed E-state index contributed by atoms with van der Waals surface area (Å²) in [7, 11) is 3.90. The molecule has 3 rings (SSSR count). The van der Waals surface area contributed by atoms with Gasteiger partial charge in [0.15, 0.2) is 11.6 Å². The van der Waals surface area contributed by atoms with Gasteiger partial charge in [-0.3, -0.25) is 4.79 Å². The molecule has 0 unspecified atom stereocenters. The highest BCUT2D eigenvalue weighted by Crippen LogP contribution is 2.16. The fraction of sp³-hybridized carbons (Fsp3) is 0.450. The summed E-state index contributed by atoms with van der Waals surface area (Å²) in [4.78, 5) is 18.5. The number of amides is 1. The first-order valence-electron chi connectivity index (χ1n) is 9.21. The van der Waals surface area contributed by atoms with E-state index in [1.54, 1.807) is 0 Å². The first-order chi connectivity index (χ1) is 12.6. The standard InChI is InChI=1S/C20H27N5O/c1-23(2)18-11-12-19(22-21-18)24-13-15-25(16-14-24)20(26)10-6-9-17-7-4-3-5-8-17/h3-5,7-8,11-12H,6,9-10,13-16H2,1-2H3. The van der Waals surface area contributed by atoms with Crippen molar-refractivity contribution in [2.45, 2.75) is 19.3 Å². The van der Waals surface area contributed by atoms with Gasteiger partial charge in [0.05, 0.1) is 0 Å². The van der Waals surface area contributed by atoms with E-state index in [2.05, 4.69) is 27.2 Å². The average molecular weight is 353 g/mol. The number of hydrogen-bond acceptors (Lipinski definition) is 5. The first-order valence-corrected chi connectivity index (χ1v) is 9.21. The van der Waals surface area contributed by atoms with Gasteiger partial charge in [-0.2, -0.15) is 0 Å². The van der Waals surface area contributed by atoms with E-state index in [0.29, 0.717) is 6.42 Å². The Hall–Kier alpha value is -2.63. The van der Waals surface area contributed by atoms with Crippen molar-refractivity contribution >= 4 is 17.5 Å². The van der Waals surface area contributed by atoms with Crippen LogP contribution in [0.4, 0.5) is 11.6 Å². The molecule has 1 aromatic heterocycles. The van der Waals surface area contributed by atoms with Crippen molar-refractivity contribution in [1.82, 2.24) is 15.1 Å². The van der Waals surface area contributed by atoms with Gasteiger partial charge in [0.2, 0.25) is 5.91 Å². The monoisotopic (exact) mass is 353 g/mol. The molecule has 6 heteroatoms.